The van der Waals surface area contributed by atoms with Crippen molar-refractivity contribution < 1.29 is 39.4 Å². The Morgan fingerprint density at radius 2 is 1.00 bits per heavy atom. The Balaban J connectivity index is 1.84. The van der Waals surface area contributed by atoms with Crippen LogP contribution in [0.2, 0.25) is 0 Å². The highest BCUT2D eigenvalue weighted by Crippen LogP contribution is 2.30. The van der Waals surface area contributed by atoms with E-state index in [0.29, 0.717) is 0 Å². The first-order chi connectivity index (χ1) is 8.02. The second-order valence-corrected chi connectivity index (χ2v) is 4.31. The maximum absolute atomic E-state index is 8.86. The summed E-state index contributed by atoms with van der Waals surface area (Å²) in [4.78, 5) is 0. The van der Waals surface area contributed by atoms with E-state index in [0.717, 1.165) is 0 Å². The molecule has 0 bridgehead atoms. The Morgan fingerprint density at radius 3 is 1.24 bits per heavy atom. The molecule has 2 aliphatic heterocycles. The Bertz CT molecular complexity index is 210. The number of hydrogen-bond acceptors (Lipinski definition) is 8. The summed E-state index contributed by atoms with van der Waals surface area (Å²) in [5, 5.41) is 35.4. The predicted octanol–water partition coefficient (Wildman–Crippen LogP) is -2.66. The molecule has 2 heterocycles. The topological polar surface area (TPSA) is 118 Å². The van der Waals surface area contributed by atoms with Gasteiger partial charge in [0.1, 0.15) is 0 Å². The zero-order valence-electron chi connectivity index (χ0n) is 9.06. The molecule has 0 atom stereocenters. The van der Waals surface area contributed by atoms with Gasteiger partial charge in [0.25, 0.3) is 0 Å². The van der Waals surface area contributed by atoms with E-state index in [2.05, 4.69) is 0 Å². The van der Waals surface area contributed by atoms with Crippen LogP contribution < -0.4 is 0 Å². The summed E-state index contributed by atoms with van der Waals surface area (Å²) in [6.45, 7) is 0.736. The van der Waals surface area contributed by atoms with Crippen LogP contribution in [0, 0.1) is 5.41 Å². The van der Waals surface area contributed by atoms with Crippen molar-refractivity contribution in [3.8, 4) is 0 Å². The normalized spacial score (nSPS) is 39.2. The maximum atomic E-state index is 8.86. The molecule has 0 aromatic rings. The smallest absolute Gasteiger partial charge is 0.209 e. The average molecular weight is 252 g/mol. The van der Waals surface area contributed by atoms with Crippen molar-refractivity contribution in [1.82, 2.24) is 0 Å². The highest BCUT2D eigenvalue weighted by atomic mass is 16.7. The molecule has 2 fully saturated rings. The molecule has 17 heavy (non-hydrogen) atoms. The van der Waals surface area contributed by atoms with Gasteiger partial charge in [-0.1, -0.05) is 0 Å². The summed E-state index contributed by atoms with van der Waals surface area (Å²) in [6.07, 6.45) is -5.52. The van der Waals surface area contributed by atoms with Crippen LogP contribution in [0.3, 0.4) is 0 Å². The molecular formula is C9H16O8. The fourth-order valence-corrected chi connectivity index (χ4v) is 1.73. The van der Waals surface area contributed by atoms with Crippen molar-refractivity contribution in [3.05, 3.63) is 0 Å². The number of hydrogen-bond donors (Lipinski definition) is 4. The molecular weight excluding hydrogens is 236 g/mol. The highest BCUT2D eigenvalue weighted by molar-refractivity contribution is 4.84. The molecule has 0 saturated carbocycles. The lowest BCUT2D eigenvalue weighted by Gasteiger charge is -2.43. The quantitative estimate of drug-likeness (QED) is 0.393. The number of rotatable bonds is 2. The molecule has 100 valence electrons. The molecule has 8 nitrogen and oxygen atoms in total. The second-order valence-electron chi connectivity index (χ2n) is 4.31. The Hall–Kier alpha value is -0.320. The number of aliphatic hydroxyl groups excluding tert-OH is 2. The molecule has 0 amide bonds. The summed E-state index contributed by atoms with van der Waals surface area (Å²) in [6, 6.07) is 0. The second kappa shape index (κ2) is 5.12. The maximum Gasteiger partial charge on any atom is 0.209 e. The van der Waals surface area contributed by atoms with Gasteiger partial charge in [-0.3, -0.25) is 0 Å². The van der Waals surface area contributed by atoms with E-state index in [1.54, 1.807) is 0 Å². The van der Waals surface area contributed by atoms with Gasteiger partial charge in [0, 0.05) is 0 Å². The van der Waals surface area contributed by atoms with E-state index in [1.807, 2.05) is 0 Å². The van der Waals surface area contributed by atoms with Crippen LogP contribution in [-0.2, 0) is 18.9 Å². The molecule has 0 aliphatic carbocycles. The van der Waals surface area contributed by atoms with Gasteiger partial charge in [-0.2, -0.15) is 0 Å². The first kappa shape index (κ1) is 13.1. The van der Waals surface area contributed by atoms with Crippen molar-refractivity contribution in [2.75, 3.05) is 26.4 Å². The van der Waals surface area contributed by atoms with Gasteiger partial charge in [-0.25, -0.2) is 0 Å². The van der Waals surface area contributed by atoms with Crippen molar-refractivity contribution in [2.45, 2.75) is 25.2 Å². The van der Waals surface area contributed by atoms with Crippen LogP contribution >= 0.6 is 0 Å². The number of ether oxygens (including phenoxy) is 4. The molecule has 0 unspecified atom stereocenters. The summed E-state index contributed by atoms with van der Waals surface area (Å²) in [7, 11) is 0. The molecule has 2 saturated heterocycles. The molecule has 8 heteroatoms. The van der Waals surface area contributed by atoms with Crippen molar-refractivity contribution in [2.24, 2.45) is 5.41 Å². The van der Waals surface area contributed by atoms with Gasteiger partial charge in [-0.15, -0.1) is 0 Å². The zero-order chi connectivity index (χ0) is 12.5. The van der Waals surface area contributed by atoms with Crippen LogP contribution in [0.1, 0.15) is 0 Å². The molecule has 0 aromatic carbocycles. The van der Waals surface area contributed by atoms with E-state index >= 15 is 0 Å². The van der Waals surface area contributed by atoms with Gasteiger partial charge >= 0.3 is 0 Å². The minimum Gasteiger partial charge on any atom is -0.364 e. The van der Waals surface area contributed by atoms with Crippen molar-refractivity contribution in [1.29, 1.82) is 0 Å². The molecule has 0 aromatic heterocycles. The van der Waals surface area contributed by atoms with E-state index in [9.17, 15) is 0 Å². The van der Waals surface area contributed by atoms with Gasteiger partial charge in [-0.05, 0) is 0 Å². The van der Waals surface area contributed by atoms with Gasteiger partial charge in [0.05, 0.1) is 31.8 Å². The third-order valence-corrected chi connectivity index (χ3v) is 2.70. The van der Waals surface area contributed by atoms with E-state index in [4.69, 9.17) is 39.4 Å². The summed E-state index contributed by atoms with van der Waals surface area (Å²) < 4.78 is 20.5. The molecule has 2 aliphatic rings. The Morgan fingerprint density at radius 1 is 0.706 bits per heavy atom. The van der Waals surface area contributed by atoms with Crippen LogP contribution in [0.4, 0.5) is 0 Å². The third kappa shape index (κ3) is 2.92. The largest absolute Gasteiger partial charge is 0.364 e. The van der Waals surface area contributed by atoms with E-state index in [-0.39, 0.29) is 26.4 Å². The molecule has 4 N–H and O–H groups in total. The molecule has 2 rings (SSSR count). The first-order valence-electron chi connectivity index (χ1n) is 5.21. The van der Waals surface area contributed by atoms with Crippen LogP contribution in [0.15, 0.2) is 0 Å². The Kier molecular flexibility index (Phi) is 3.95. The minimum absolute atomic E-state index is 0.184. The van der Waals surface area contributed by atoms with Crippen molar-refractivity contribution >= 4 is 0 Å². The SMILES string of the molecule is OC(O)C1OCC2(CO1)COC(C(O)O)OC2. The minimum atomic E-state index is -1.69. The third-order valence-electron chi connectivity index (χ3n) is 2.70. The van der Waals surface area contributed by atoms with Crippen LogP contribution in [0.5, 0.6) is 0 Å². The van der Waals surface area contributed by atoms with Gasteiger partial charge in [0.2, 0.25) is 25.2 Å². The monoisotopic (exact) mass is 252 g/mol. The van der Waals surface area contributed by atoms with Crippen molar-refractivity contribution in [3.63, 3.8) is 0 Å². The number of aliphatic hydroxyl groups is 4. The van der Waals surface area contributed by atoms with Gasteiger partial charge in [0.15, 0.2) is 0 Å². The molecule has 1 spiro atoms. The lowest BCUT2D eigenvalue weighted by Crippen LogP contribution is -2.55. The zero-order valence-corrected chi connectivity index (χ0v) is 9.06. The first-order valence-corrected chi connectivity index (χ1v) is 5.21. The predicted molar refractivity (Wildman–Crippen MR) is 50.3 cm³/mol. The standard InChI is InChI=1S/C9H16O8/c10-5(11)7-14-1-9(2-15-7)3-16-8(6(12)13)17-4-9/h5-8,10-13H,1-4H2. The molecule has 0 radical (unpaired) electrons. The van der Waals surface area contributed by atoms with Gasteiger partial charge < -0.3 is 39.4 Å². The fourth-order valence-electron chi connectivity index (χ4n) is 1.73. The summed E-state index contributed by atoms with van der Waals surface area (Å²) >= 11 is 0. The van der Waals surface area contributed by atoms with Crippen LogP contribution in [0.25, 0.3) is 0 Å². The lowest BCUT2D eigenvalue weighted by molar-refractivity contribution is -0.355. The van der Waals surface area contributed by atoms with E-state index < -0.39 is 30.6 Å². The Labute approximate surface area is 97.3 Å². The highest BCUT2D eigenvalue weighted by Gasteiger charge is 2.44. The summed E-state index contributed by atoms with van der Waals surface area (Å²) in [5.41, 5.74) is -0.545. The van der Waals surface area contributed by atoms with E-state index in [1.165, 1.54) is 0 Å². The van der Waals surface area contributed by atoms with Crippen LogP contribution in [-0.4, -0.2) is 72.0 Å². The average Bonchev–Trinajstić information content (AvgIpc) is 2.30. The summed E-state index contributed by atoms with van der Waals surface area (Å²) in [5.74, 6) is 0. The lowest BCUT2D eigenvalue weighted by atomic mass is 9.91. The fraction of sp³-hybridized carbons (Fsp3) is 1.00.